The van der Waals surface area contributed by atoms with Crippen molar-refractivity contribution in [2.75, 3.05) is 7.11 Å². The van der Waals surface area contributed by atoms with Gasteiger partial charge < -0.3 is 10.5 Å². The molecule has 0 saturated carbocycles. The van der Waals surface area contributed by atoms with Crippen LogP contribution in [0.5, 0.6) is 0 Å². The molecule has 1 aromatic carbocycles. The third kappa shape index (κ3) is 3.92. The normalized spacial score (nSPS) is 13.9. The molecule has 112 valence electrons. The first-order valence-corrected chi connectivity index (χ1v) is 7.50. The topological polar surface area (TPSA) is 52.3 Å². The molecule has 1 rings (SSSR count). The summed E-state index contributed by atoms with van der Waals surface area (Å²) in [5.74, 6) is -0.621. The van der Waals surface area contributed by atoms with E-state index in [9.17, 15) is 4.79 Å². The smallest absolute Gasteiger partial charge is 0.322 e. The van der Waals surface area contributed by atoms with Crippen molar-refractivity contribution in [1.82, 2.24) is 0 Å². The highest BCUT2D eigenvalue weighted by Crippen LogP contribution is 2.43. The predicted molar refractivity (Wildman–Crippen MR) is 84.1 cm³/mol. The maximum absolute atomic E-state index is 11.4. The monoisotopic (exact) mass is 357 g/mol. The zero-order valence-corrected chi connectivity index (χ0v) is 14.1. The number of hydrogen-bond donors (Lipinski definition) is 1. The quantitative estimate of drug-likeness (QED) is 0.613. The van der Waals surface area contributed by atoms with Gasteiger partial charge in [-0.25, -0.2) is 0 Å². The van der Waals surface area contributed by atoms with Gasteiger partial charge in [0.15, 0.2) is 0 Å². The van der Waals surface area contributed by atoms with Gasteiger partial charge in [-0.05, 0) is 30.4 Å². The lowest BCUT2D eigenvalue weighted by atomic mass is 9.90. The lowest BCUT2D eigenvalue weighted by molar-refractivity contribution is -0.142. The summed E-state index contributed by atoms with van der Waals surface area (Å²) in [6.45, 7) is 1.94. The van der Waals surface area contributed by atoms with Gasteiger partial charge in [0.2, 0.25) is 0 Å². The molecule has 0 saturated heterocycles. The van der Waals surface area contributed by atoms with Gasteiger partial charge in [0, 0.05) is 0 Å². The highest BCUT2D eigenvalue weighted by Gasteiger charge is 2.25. The van der Waals surface area contributed by atoms with Crippen LogP contribution in [0.2, 0.25) is 20.1 Å². The molecule has 0 aromatic heterocycles. The van der Waals surface area contributed by atoms with E-state index in [4.69, 9.17) is 52.1 Å². The Labute approximate surface area is 138 Å². The molecular formula is C13H15Cl4NO2. The van der Waals surface area contributed by atoms with E-state index in [0.29, 0.717) is 38.5 Å². The van der Waals surface area contributed by atoms with Crippen molar-refractivity contribution in [1.29, 1.82) is 0 Å². The van der Waals surface area contributed by atoms with Crippen molar-refractivity contribution in [3.8, 4) is 0 Å². The second kappa shape index (κ2) is 7.71. The molecule has 0 aliphatic carbocycles. The SMILES string of the molecule is CCC(CC(N)C(=O)OC)c1c(Cl)c(Cl)cc(Cl)c1Cl. The van der Waals surface area contributed by atoms with Crippen molar-refractivity contribution < 1.29 is 9.53 Å². The molecule has 0 heterocycles. The number of esters is 1. The number of rotatable bonds is 5. The van der Waals surface area contributed by atoms with Gasteiger partial charge in [0.05, 0.1) is 27.2 Å². The van der Waals surface area contributed by atoms with Gasteiger partial charge in [-0.2, -0.15) is 0 Å². The van der Waals surface area contributed by atoms with E-state index in [2.05, 4.69) is 4.74 Å². The molecule has 0 bridgehead atoms. The van der Waals surface area contributed by atoms with E-state index in [0.717, 1.165) is 0 Å². The molecule has 20 heavy (non-hydrogen) atoms. The first kappa shape index (κ1) is 17.9. The first-order valence-electron chi connectivity index (χ1n) is 5.99. The summed E-state index contributed by atoms with van der Waals surface area (Å²) in [5.41, 5.74) is 6.41. The van der Waals surface area contributed by atoms with Crippen LogP contribution in [0.1, 0.15) is 31.2 Å². The van der Waals surface area contributed by atoms with E-state index in [-0.39, 0.29) is 5.92 Å². The average Bonchev–Trinajstić information content (AvgIpc) is 2.43. The third-order valence-corrected chi connectivity index (χ3v) is 4.69. The molecule has 1 aromatic rings. The number of methoxy groups -OCH3 is 1. The van der Waals surface area contributed by atoms with E-state index in [1.165, 1.54) is 13.2 Å². The summed E-state index contributed by atoms with van der Waals surface area (Å²) in [6, 6.07) is 0.736. The Hall–Kier alpha value is -0.190. The summed E-state index contributed by atoms with van der Waals surface area (Å²) in [6.07, 6.45) is 1.03. The zero-order chi connectivity index (χ0) is 15.4. The molecule has 0 aliphatic heterocycles. The van der Waals surface area contributed by atoms with E-state index in [1.807, 2.05) is 6.92 Å². The highest BCUT2D eigenvalue weighted by atomic mass is 35.5. The van der Waals surface area contributed by atoms with Crippen LogP contribution in [0.4, 0.5) is 0 Å². The fraction of sp³-hybridized carbons (Fsp3) is 0.462. The van der Waals surface area contributed by atoms with Crippen LogP contribution in [0.15, 0.2) is 6.07 Å². The number of carbonyl (C=O) groups excluding carboxylic acids is 1. The molecular weight excluding hydrogens is 344 g/mol. The Kier molecular flexibility index (Phi) is 6.89. The van der Waals surface area contributed by atoms with E-state index in [1.54, 1.807) is 0 Å². The minimum atomic E-state index is -0.755. The number of halogens is 4. The number of ether oxygens (including phenoxy) is 1. The number of hydrogen-bond acceptors (Lipinski definition) is 3. The highest BCUT2D eigenvalue weighted by molar-refractivity contribution is 6.48. The predicted octanol–water partition coefficient (Wildman–Crippen LogP) is 4.68. The Morgan fingerprint density at radius 3 is 2.15 bits per heavy atom. The van der Waals surface area contributed by atoms with Gasteiger partial charge in [0.25, 0.3) is 0 Å². The molecule has 0 spiro atoms. The minimum Gasteiger partial charge on any atom is -0.468 e. The largest absolute Gasteiger partial charge is 0.468 e. The Balaban J connectivity index is 3.16. The molecule has 2 atom stereocenters. The van der Waals surface area contributed by atoms with Gasteiger partial charge in [-0.1, -0.05) is 53.3 Å². The van der Waals surface area contributed by atoms with Crippen molar-refractivity contribution in [3.63, 3.8) is 0 Å². The Bertz CT molecular complexity index is 481. The van der Waals surface area contributed by atoms with Crippen molar-refractivity contribution in [2.45, 2.75) is 31.7 Å². The van der Waals surface area contributed by atoms with Crippen LogP contribution in [0, 0.1) is 0 Å². The molecule has 0 fully saturated rings. The van der Waals surface area contributed by atoms with E-state index >= 15 is 0 Å². The summed E-state index contributed by atoms with van der Waals surface area (Å²) in [5, 5.41) is 1.32. The molecule has 3 nitrogen and oxygen atoms in total. The maximum Gasteiger partial charge on any atom is 0.322 e. The van der Waals surface area contributed by atoms with Crippen LogP contribution in [0.25, 0.3) is 0 Å². The minimum absolute atomic E-state index is 0.139. The van der Waals surface area contributed by atoms with Gasteiger partial charge in [-0.15, -0.1) is 0 Å². The molecule has 0 aliphatic rings. The fourth-order valence-corrected chi connectivity index (χ4v) is 3.13. The fourth-order valence-electron chi connectivity index (χ4n) is 1.99. The molecule has 0 radical (unpaired) electrons. The number of carbonyl (C=O) groups is 1. The average molecular weight is 359 g/mol. The Morgan fingerprint density at radius 2 is 1.75 bits per heavy atom. The lowest BCUT2D eigenvalue weighted by Gasteiger charge is -2.22. The maximum atomic E-state index is 11.4. The second-order valence-corrected chi connectivity index (χ2v) is 5.92. The zero-order valence-electron chi connectivity index (χ0n) is 11.1. The lowest BCUT2D eigenvalue weighted by Crippen LogP contribution is -2.33. The third-order valence-electron chi connectivity index (χ3n) is 3.09. The van der Waals surface area contributed by atoms with E-state index < -0.39 is 12.0 Å². The van der Waals surface area contributed by atoms with Crippen LogP contribution in [0.3, 0.4) is 0 Å². The molecule has 2 unspecified atom stereocenters. The molecule has 0 amide bonds. The van der Waals surface area contributed by atoms with Crippen molar-refractivity contribution in [3.05, 3.63) is 31.7 Å². The van der Waals surface area contributed by atoms with Gasteiger partial charge in [-0.3, -0.25) is 4.79 Å². The summed E-state index contributed by atoms with van der Waals surface area (Å²) in [7, 11) is 1.29. The summed E-state index contributed by atoms with van der Waals surface area (Å²) < 4.78 is 4.62. The summed E-state index contributed by atoms with van der Waals surface area (Å²) >= 11 is 24.5. The van der Waals surface area contributed by atoms with Gasteiger partial charge >= 0.3 is 5.97 Å². The van der Waals surface area contributed by atoms with Crippen molar-refractivity contribution >= 4 is 52.4 Å². The standard InChI is InChI=1S/C13H15Cl4NO2/c1-3-6(4-9(18)13(19)20-2)10-11(16)7(14)5-8(15)12(10)17/h5-6,9H,3-4,18H2,1-2H3. The van der Waals surface area contributed by atoms with Crippen LogP contribution >= 0.6 is 46.4 Å². The number of nitrogens with two attached hydrogens (primary N) is 1. The van der Waals surface area contributed by atoms with Gasteiger partial charge in [0.1, 0.15) is 6.04 Å². The van der Waals surface area contributed by atoms with Crippen LogP contribution < -0.4 is 5.73 Å². The number of benzene rings is 1. The van der Waals surface area contributed by atoms with Crippen LogP contribution in [-0.2, 0) is 9.53 Å². The molecule has 2 N–H and O–H groups in total. The summed E-state index contributed by atoms with van der Waals surface area (Å²) in [4.78, 5) is 11.4. The first-order chi connectivity index (χ1) is 9.33. The van der Waals surface area contributed by atoms with Crippen molar-refractivity contribution in [2.24, 2.45) is 5.73 Å². The second-order valence-electron chi connectivity index (χ2n) is 4.35. The van der Waals surface area contributed by atoms with Crippen LogP contribution in [-0.4, -0.2) is 19.1 Å². The molecule has 7 heteroatoms. The Morgan fingerprint density at radius 1 is 1.25 bits per heavy atom.